The van der Waals surface area contributed by atoms with Crippen molar-refractivity contribution in [3.63, 3.8) is 0 Å². The van der Waals surface area contributed by atoms with Crippen molar-refractivity contribution in [2.45, 2.75) is 6.92 Å². The van der Waals surface area contributed by atoms with Crippen LogP contribution in [0.25, 0.3) is 11.2 Å². The Morgan fingerprint density at radius 1 is 1.75 bits per heavy atom. The van der Waals surface area contributed by atoms with Gasteiger partial charge in [-0.15, -0.1) is 0 Å². The Hall–Kier alpha value is -1.78. The van der Waals surface area contributed by atoms with Gasteiger partial charge < -0.3 is 14.5 Å². The third-order valence-electron chi connectivity index (χ3n) is 1.51. The summed E-state index contributed by atoms with van der Waals surface area (Å²) in [4.78, 5) is 17.2. The molecule has 0 atom stereocenters. The van der Waals surface area contributed by atoms with Gasteiger partial charge in [0.2, 0.25) is 11.5 Å². The van der Waals surface area contributed by atoms with E-state index in [-0.39, 0.29) is 5.76 Å². The lowest BCUT2D eigenvalue weighted by Crippen LogP contribution is -1.91. The molecular weight excluding hydrogens is 160 g/mol. The van der Waals surface area contributed by atoms with Gasteiger partial charge in [-0.2, -0.15) is 4.98 Å². The van der Waals surface area contributed by atoms with Crippen LogP contribution in [0.3, 0.4) is 0 Å². The molecule has 5 nitrogen and oxygen atoms in total. The molecule has 2 N–H and O–H groups in total. The molecule has 0 radical (unpaired) electrons. The van der Waals surface area contributed by atoms with E-state index in [0.717, 1.165) is 0 Å². The second-order valence-corrected chi connectivity index (χ2v) is 2.46. The summed E-state index contributed by atoms with van der Waals surface area (Å²) >= 11 is 0. The van der Waals surface area contributed by atoms with E-state index >= 15 is 0 Å². The molecule has 5 heteroatoms. The van der Waals surface area contributed by atoms with Crippen LogP contribution in [0, 0.1) is 6.92 Å². The van der Waals surface area contributed by atoms with Gasteiger partial charge in [0.25, 0.3) is 0 Å². The third kappa shape index (κ3) is 0.868. The zero-order valence-electron chi connectivity index (χ0n) is 6.29. The number of aromatic amines is 1. The van der Waals surface area contributed by atoms with Gasteiger partial charge in [0, 0.05) is 6.07 Å². The van der Waals surface area contributed by atoms with Gasteiger partial charge in [0.1, 0.15) is 11.3 Å². The highest BCUT2D eigenvalue weighted by molar-refractivity contribution is 5.89. The number of carbonyl (C=O) groups is 1. The molecule has 0 aliphatic carbocycles. The Labute approximate surface area is 67.0 Å². The fraction of sp³-hybridized carbons (Fsp3) is 0.143. The van der Waals surface area contributed by atoms with Crippen LogP contribution in [0.15, 0.2) is 10.5 Å². The number of imidazole rings is 1. The molecule has 2 aromatic rings. The van der Waals surface area contributed by atoms with Crippen molar-refractivity contribution in [2.75, 3.05) is 0 Å². The van der Waals surface area contributed by atoms with Crippen LogP contribution in [-0.2, 0) is 0 Å². The van der Waals surface area contributed by atoms with Crippen LogP contribution >= 0.6 is 0 Å². The number of fused-ring (bicyclic) bond motifs is 1. The average Bonchev–Trinajstić information content (AvgIpc) is 2.42. The molecule has 0 fully saturated rings. The second-order valence-electron chi connectivity index (χ2n) is 2.46. The number of aromatic nitrogens is 2. The number of H-pyrrole nitrogens is 1. The standard InChI is InChI=1S/C7H6N2O3/c1-3-8-4-2-5(7(10)11)12-6(4)9-3/h2H,1H3,(H,8,9)(H,10,11). The van der Waals surface area contributed by atoms with Crippen LogP contribution < -0.4 is 0 Å². The van der Waals surface area contributed by atoms with Crippen molar-refractivity contribution in [2.24, 2.45) is 0 Å². The number of rotatable bonds is 1. The first kappa shape index (κ1) is 6.90. The van der Waals surface area contributed by atoms with Crippen molar-refractivity contribution >= 4 is 17.2 Å². The first-order valence-electron chi connectivity index (χ1n) is 3.36. The average molecular weight is 166 g/mol. The number of nitrogens with one attached hydrogen (secondary N) is 1. The summed E-state index contributed by atoms with van der Waals surface area (Å²) in [5.74, 6) is -0.469. The van der Waals surface area contributed by atoms with Gasteiger partial charge in [0.15, 0.2) is 0 Å². The molecule has 0 spiro atoms. The second kappa shape index (κ2) is 2.10. The van der Waals surface area contributed by atoms with Gasteiger partial charge in [-0.05, 0) is 6.92 Å². The molecule has 0 bridgehead atoms. The monoisotopic (exact) mass is 166 g/mol. The van der Waals surface area contributed by atoms with Gasteiger partial charge in [-0.1, -0.05) is 0 Å². The van der Waals surface area contributed by atoms with E-state index in [1.165, 1.54) is 6.07 Å². The Balaban J connectivity index is 2.64. The van der Waals surface area contributed by atoms with Gasteiger partial charge >= 0.3 is 5.97 Å². The Morgan fingerprint density at radius 3 is 3.08 bits per heavy atom. The molecule has 0 aliphatic heterocycles. The molecular formula is C7H6N2O3. The van der Waals surface area contributed by atoms with Crippen LogP contribution in [0.4, 0.5) is 0 Å². The van der Waals surface area contributed by atoms with E-state index in [0.29, 0.717) is 17.1 Å². The van der Waals surface area contributed by atoms with Crippen molar-refractivity contribution in [3.8, 4) is 0 Å². The highest BCUT2D eigenvalue weighted by atomic mass is 16.4. The van der Waals surface area contributed by atoms with E-state index < -0.39 is 5.97 Å². The lowest BCUT2D eigenvalue weighted by Gasteiger charge is -1.82. The fourth-order valence-corrected chi connectivity index (χ4v) is 1.03. The quantitative estimate of drug-likeness (QED) is 0.666. The highest BCUT2D eigenvalue weighted by Crippen LogP contribution is 2.16. The largest absolute Gasteiger partial charge is 0.475 e. The number of aromatic carboxylic acids is 1. The first-order chi connectivity index (χ1) is 5.66. The number of furan rings is 1. The van der Waals surface area contributed by atoms with Crippen molar-refractivity contribution in [1.29, 1.82) is 0 Å². The summed E-state index contributed by atoms with van der Waals surface area (Å²) in [6.07, 6.45) is 0. The number of carboxylic acids is 1. The van der Waals surface area contributed by atoms with Crippen LogP contribution in [-0.4, -0.2) is 21.0 Å². The summed E-state index contributed by atoms with van der Waals surface area (Å²) in [6.45, 7) is 1.77. The summed E-state index contributed by atoms with van der Waals surface area (Å²) in [7, 11) is 0. The molecule has 0 unspecified atom stereocenters. The summed E-state index contributed by atoms with van der Waals surface area (Å²) in [6, 6.07) is 1.41. The topological polar surface area (TPSA) is 79.1 Å². The van der Waals surface area contributed by atoms with E-state index in [2.05, 4.69) is 9.97 Å². The molecule has 2 heterocycles. The highest BCUT2D eigenvalue weighted by Gasteiger charge is 2.12. The summed E-state index contributed by atoms with van der Waals surface area (Å²) < 4.78 is 4.91. The number of hydrogen-bond donors (Lipinski definition) is 2. The van der Waals surface area contributed by atoms with E-state index in [1.54, 1.807) is 6.92 Å². The van der Waals surface area contributed by atoms with Gasteiger partial charge in [-0.3, -0.25) is 0 Å². The van der Waals surface area contributed by atoms with E-state index in [9.17, 15) is 4.79 Å². The SMILES string of the molecule is Cc1nc2oc(C(=O)O)cc2[nH]1. The zero-order valence-corrected chi connectivity index (χ0v) is 6.29. The summed E-state index contributed by atoms with van der Waals surface area (Å²) in [5, 5.41) is 8.54. The maximum absolute atomic E-state index is 10.4. The molecule has 12 heavy (non-hydrogen) atoms. The molecule has 62 valence electrons. The molecule has 2 rings (SSSR count). The normalized spacial score (nSPS) is 10.8. The van der Waals surface area contributed by atoms with Gasteiger partial charge in [0.05, 0.1) is 0 Å². The van der Waals surface area contributed by atoms with Crippen LogP contribution in [0.1, 0.15) is 16.4 Å². The number of hydrogen-bond acceptors (Lipinski definition) is 3. The maximum atomic E-state index is 10.4. The van der Waals surface area contributed by atoms with Crippen LogP contribution in [0.5, 0.6) is 0 Å². The van der Waals surface area contributed by atoms with E-state index in [4.69, 9.17) is 9.52 Å². The molecule has 2 aromatic heterocycles. The minimum atomic E-state index is -1.08. The molecule has 0 amide bonds. The molecule has 0 saturated carbocycles. The predicted octanol–water partition coefficient (Wildman–Crippen LogP) is 1.16. The number of aryl methyl sites for hydroxylation is 1. The Morgan fingerprint density at radius 2 is 2.50 bits per heavy atom. The lowest BCUT2D eigenvalue weighted by atomic mass is 10.4. The smallest absolute Gasteiger partial charge is 0.371 e. The molecule has 0 aliphatic rings. The van der Waals surface area contributed by atoms with E-state index in [1.807, 2.05) is 0 Å². The minimum Gasteiger partial charge on any atom is -0.475 e. The summed E-state index contributed by atoms with van der Waals surface area (Å²) in [5.41, 5.74) is 0.954. The first-order valence-corrected chi connectivity index (χ1v) is 3.36. The number of carboxylic acid groups (broad SMARTS) is 1. The predicted molar refractivity (Wildman–Crippen MR) is 40.1 cm³/mol. The fourth-order valence-electron chi connectivity index (χ4n) is 1.03. The molecule has 0 aromatic carbocycles. The van der Waals surface area contributed by atoms with Gasteiger partial charge in [-0.25, -0.2) is 4.79 Å². The zero-order chi connectivity index (χ0) is 8.72. The van der Waals surface area contributed by atoms with Crippen LogP contribution in [0.2, 0.25) is 0 Å². The Bertz CT molecular complexity index is 409. The maximum Gasteiger partial charge on any atom is 0.371 e. The lowest BCUT2D eigenvalue weighted by molar-refractivity contribution is 0.0664. The van der Waals surface area contributed by atoms with Crippen molar-refractivity contribution in [3.05, 3.63) is 17.7 Å². The van der Waals surface area contributed by atoms with Crippen molar-refractivity contribution in [1.82, 2.24) is 9.97 Å². The third-order valence-corrected chi connectivity index (χ3v) is 1.51. The van der Waals surface area contributed by atoms with Crippen molar-refractivity contribution < 1.29 is 14.3 Å². The number of nitrogens with zero attached hydrogens (tertiary/aromatic N) is 1. The minimum absolute atomic E-state index is 0.0937. The Kier molecular flexibility index (Phi) is 1.21. The molecule has 0 saturated heterocycles.